The van der Waals surface area contributed by atoms with Crippen LogP contribution in [-0.2, 0) is 0 Å². The summed E-state index contributed by atoms with van der Waals surface area (Å²) in [5, 5.41) is 2.52. The molecule has 1 heterocycles. The second-order valence-electron chi connectivity index (χ2n) is 9.19. The third-order valence-corrected chi connectivity index (χ3v) is 6.43. The lowest BCUT2D eigenvalue weighted by Crippen LogP contribution is -2.06. The SMILES string of the molecule is CCC/C(=C\C=C/C=NC)c1ccccc1F.CCC=CCC1CC=CC=C1c1nccc2ccccc12. The fraction of sp³-hybridized carbons (Fsp3) is 0.257. The predicted octanol–water partition coefficient (Wildman–Crippen LogP) is 9.82. The number of aliphatic imine (C=N–C) groups is 1. The molecule has 1 aliphatic rings. The maximum absolute atomic E-state index is 13.6. The molecule has 0 saturated carbocycles. The third kappa shape index (κ3) is 8.34. The van der Waals surface area contributed by atoms with Gasteiger partial charge in [-0.25, -0.2) is 4.39 Å². The molecule has 2 aromatic carbocycles. The molecule has 0 saturated heterocycles. The van der Waals surface area contributed by atoms with E-state index in [1.165, 1.54) is 22.4 Å². The monoisotopic (exact) mass is 506 g/mol. The summed E-state index contributed by atoms with van der Waals surface area (Å²) in [4.78, 5) is 8.54. The lowest BCUT2D eigenvalue weighted by molar-refractivity contribution is 0.623. The molecular weight excluding hydrogens is 467 g/mol. The summed E-state index contributed by atoms with van der Waals surface area (Å²) in [6, 6.07) is 17.5. The second-order valence-corrected chi connectivity index (χ2v) is 9.19. The van der Waals surface area contributed by atoms with Crippen molar-refractivity contribution in [3.63, 3.8) is 0 Å². The van der Waals surface area contributed by atoms with Gasteiger partial charge in [0.1, 0.15) is 5.82 Å². The van der Waals surface area contributed by atoms with Crippen LogP contribution in [0.3, 0.4) is 0 Å². The normalized spacial score (nSPS) is 15.8. The zero-order chi connectivity index (χ0) is 27.0. The average Bonchev–Trinajstić information content (AvgIpc) is 2.96. The molecule has 4 rings (SSSR count). The highest BCUT2D eigenvalue weighted by Crippen LogP contribution is 2.34. The Morgan fingerprint density at radius 1 is 1.03 bits per heavy atom. The van der Waals surface area contributed by atoms with E-state index >= 15 is 0 Å². The van der Waals surface area contributed by atoms with Gasteiger partial charge in [0.05, 0.1) is 5.69 Å². The lowest BCUT2D eigenvalue weighted by atomic mass is 9.85. The van der Waals surface area contributed by atoms with Gasteiger partial charge in [-0.2, -0.15) is 0 Å². The van der Waals surface area contributed by atoms with Gasteiger partial charge in [0, 0.05) is 30.4 Å². The van der Waals surface area contributed by atoms with Crippen LogP contribution in [0.4, 0.5) is 4.39 Å². The molecule has 0 fully saturated rings. The van der Waals surface area contributed by atoms with E-state index in [1.807, 2.05) is 36.6 Å². The average molecular weight is 507 g/mol. The van der Waals surface area contributed by atoms with Crippen LogP contribution in [0.5, 0.6) is 0 Å². The number of rotatable bonds is 9. The Morgan fingerprint density at radius 2 is 1.84 bits per heavy atom. The number of hydrogen-bond acceptors (Lipinski definition) is 2. The van der Waals surface area contributed by atoms with Crippen molar-refractivity contribution < 1.29 is 4.39 Å². The van der Waals surface area contributed by atoms with Gasteiger partial charge in [0.2, 0.25) is 0 Å². The molecule has 0 bridgehead atoms. The van der Waals surface area contributed by atoms with Crippen LogP contribution in [0.1, 0.15) is 57.2 Å². The fourth-order valence-electron chi connectivity index (χ4n) is 4.56. The third-order valence-electron chi connectivity index (χ3n) is 6.43. The molecule has 1 aliphatic carbocycles. The van der Waals surface area contributed by atoms with Crippen LogP contribution in [-0.4, -0.2) is 18.2 Å². The Kier molecular flexibility index (Phi) is 12.2. The van der Waals surface area contributed by atoms with E-state index in [4.69, 9.17) is 0 Å². The molecule has 2 nitrogen and oxygen atoms in total. The zero-order valence-electron chi connectivity index (χ0n) is 22.9. The molecule has 1 atom stereocenters. The quantitative estimate of drug-likeness (QED) is 0.161. The van der Waals surface area contributed by atoms with Crippen molar-refractivity contribution in [2.24, 2.45) is 10.9 Å². The Morgan fingerprint density at radius 3 is 2.63 bits per heavy atom. The van der Waals surface area contributed by atoms with Gasteiger partial charge in [-0.15, -0.1) is 0 Å². The van der Waals surface area contributed by atoms with Gasteiger partial charge < -0.3 is 0 Å². The van der Waals surface area contributed by atoms with Crippen LogP contribution in [0.25, 0.3) is 21.9 Å². The van der Waals surface area contributed by atoms with Crippen LogP contribution in [0.15, 0.2) is 114 Å². The minimum Gasteiger partial charge on any atom is -0.297 e. The highest BCUT2D eigenvalue weighted by molar-refractivity contribution is 5.92. The van der Waals surface area contributed by atoms with Crippen molar-refractivity contribution >= 4 is 28.1 Å². The largest absolute Gasteiger partial charge is 0.297 e. The number of pyridine rings is 1. The van der Waals surface area contributed by atoms with E-state index in [-0.39, 0.29) is 5.82 Å². The zero-order valence-corrected chi connectivity index (χ0v) is 22.9. The molecule has 0 N–H and O–H groups in total. The van der Waals surface area contributed by atoms with Crippen LogP contribution in [0, 0.1) is 11.7 Å². The summed E-state index contributed by atoms with van der Waals surface area (Å²) in [5.74, 6) is 0.376. The van der Waals surface area contributed by atoms with Gasteiger partial charge in [0.25, 0.3) is 0 Å². The fourth-order valence-corrected chi connectivity index (χ4v) is 4.56. The Labute approximate surface area is 227 Å². The first-order chi connectivity index (χ1) is 18.7. The Hall–Kier alpha value is -3.85. The Bertz CT molecular complexity index is 1340. The van der Waals surface area contributed by atoms with Gasteiger partial charge in [-0.3, -0.25) is 9.98 Å². The van der Waals surface area contributed by atoms with E-state index in [0.29, 0.717) is 11.5 Å². The minimum atomic E-state index is -0.162. The summed E-state index contributed by atoms with van der Waals surface area (Å²) >= 11 is 0. The number of allylic oxidation sites excluding steroid dienone is 10. The van der Waals surface area contributed by atoms with Crippen molar-refractivity contribution in [2.45, 2.75) is 46.0 Å². The van der Waals surface area contributed by atoms with Gasteiger partial charge in [-0.1, -0.05) is 105 Å². The first kappa shape index (κ1) is 28.7. The number of halogens is 1. The molecule has 1 aromatic heterocycles. The highest BCUT2D eigenvalue weighted by Gasteiger charge is 2.18. The summed E-state index contributed by atoms with van der Waals surface area (Å²) in [5.41, 5.74) is 4.22. The predicted molar refractivity (Wildman–Crippen MR) is 164 cm³/mol. The maximum Gasteiger partial charge on any atom is 0.130 e. The molecule has 0 radical (unpaired) electrons. The molecule has 196 valence electrons. The lowest BCUT2D eigenvalue weighted by Gasteiger charge is -2.21. The van der Waals surface area contributed by atoms with Crippen LogP contribution < -0.4 is 0 Å². The molecule has 3 heteroatoms. The first-order valence-electron chi connectivity index (χ1n) is 13.6. The number of aromatic nitrogens is 1. The van der Waals surface area contributed by atoms with Gasteiger partial charge in [-0.05, 0) is 66.3 Å². The van der Waals surface area contributed by atoms with Crippen molar-refractivity contribution in [3.05, 3.63) is 126 Å². The topological polar surface area (TPSA) is 25.2 Å². The van der Waals surface area contributed by atoms with E-state index in [1.54, 1.807) is 19.3 Å². The van der Waals surface area contributed by atoms with E-state index < -0.39 is 0 Å². The van der Waals surface area contributed by atoms with Crippen LogP contribution in [0.2, 0.25) is 0 Å². The summed E-state index contributed by atoms with van der Waals surface area (Å²) in [7, 11) is 1.72. The van der Waals surface area contributed by atoms with Gasteiger partial charge >= 0.3 is 0 Å². The number of nitrogens with zero attached hydrogens (tertiary/aromatic N) is 2. The van der Waals surface area contributed by atoms with E-state index in [9.17, 15) is 4.39 Å². The number of fused-ring (bicyclic) bond motifs is 1. The first-order valence-corrected chi connectivity index (χ1v) is 13.6. The van der Waals surface area contributed by atoms with Crippen LogP contribution >= 0.6 is 0 Å². The van der Waals surface area contributed by atoms with E-state index in [0.717, 1.165) is 43.4 Å². The standard InChI is InChI=1S/C20H21N.C15H18FN/c1-2-3-4-9-16-10-5-7-12-18(16)20-19-13-8-6-11-17(19)14-15-21-20;1-3-8-13(9-6-7-12-17-2)14-10-4-5-11-15(14)16/h3-8,11-16H,2,9-10H2,1H3;4-7,9-12H,3,8H2,1-2H3/b;7-6-,13-9+,17-12?. The molecule has 1 unspecified atom stereocenters. The molecular formula is C35H39FN2. The summed E-state index contributed by atoms with van der Waals surface area (Å²) < 4.78 is 13.6. The molecule has 0 amide bonds. The molecule has 0 aliphatic heterocycles. The minimum absolute atomic E-state index is 0.162. The molecule has 38 heavy (non-hydrogen) atoms. The number of hydrogen-bond donors (Lipinski definition) is 0. The van der Waals surface area contributed by atoms with Crippen molar-refractivity contribution in [3.8, 4) is 0 Å². The molecule has 3 aromatic rings. The molecule has 0 spiro atoms. The second kappa shape index (κ2) is 16.1. The smallest absolute Gasteiger partial charge is 0.130 e. The summed E-state index contributed by atoms with van der Waals surface area (Å²) in [6.07, 6.45) is 25.7. The van der Waals surface area contributed by atoms with Gasteiger partial charge in [0.15, 0.2) is 0 Å². The van der Waals surface area contributed by atoms with Crippen molar-refractivity contribution in [2.75, 3.05) is 7.05 Å². The van der Waals surface area contributed by atoms with Crippen molar-refractivity contribution in [1.29, 1.82) is 0 Å². The highest BCUT2D eigenvalue weighted by atomic mass is 19.1. The maximum atomic E-state index is 13.6. The number of benzene rings is 2. The van der Waals surface area contributed by atoms with E-state index in [2.05, 4.69) is 84.5 Å². The van der Waals surface area contributed by atoms with Crippen molar-refractivity contribution in [1.82, 2.24) is 4.98 Å². The summed E-state index contributed by atoms with van der Waals surface area (Å²) in [6.45, 7) is 4.27. The Balaban J connectivity index is 0.000000216.